The maximum atomic E-state index is 5.76. The Labute approximate surface area is 153 Å². The maximum Gasteiger partial charge on any atom is 0.161 e. The summed E-state index contributed by atoms with van der Waals surface area (Å²) in [6.07, 6.45) is 6.62. The van der Waals surface area contributed by atoms with E-state index in [4.69, 9.17) is 9.47 Å². The quantitative estimate of drug-likeness (QED) is 0.890. The first-order chi connectivity index (χ1) is 12.9. The van der Waals surface area contributed by atoms with Crippen LogP contribution in [-0.2, 0) is 0 Å². The van der Waals surface area contributed by atoms with Crippen molar-refractivity contribution in [2.24, 2.45) is 5.92 Å². The summed E-state index contributed by atoms with van der Waals surface area (Å²) in [6.45, 7) is 3.27. The molecule has 26 heavy (non-hydrogen) atoms. The number of anilines is 2. The molecule has 1 atom stereocenters. The first kappa shape index (κ1) is 15.7. The summed E-state index contributed by atoms with van der Waals surface area (Å²) in [5, 5.41) is 3.45. The highest BCUT2D eigenvalue weighted by atomic mass is 16.6. The highest BCUT2D eigenvalue weighted by Gasteiger charge is 2.29. The second-order valence-corrected chi connectivity index (χ2v) is 7.34. The summed E-state index contributed by atoms with van der Waals surface area (Å²) in [5.41, 5.74) is 1.26. The molecule has 0 bridgehead atoms. The molecule has 6 heteroatoms. The minimum atomic E-state index is 0.317. The molecular weight excluding hydrogens is 328 g/mol. The van der Waals surface area contributed by atoms with Gasteiger partial charge in [-0.3, -0.25) is 0 Å². The monoisotopic (exact) mass is 352 g/mol. The van der Waals surface area contributed by atoms with Gasteiger partial charge >= 0.3 is 0 Å². The van der Waals surface area contributed by atoms with Crippen molar-refractivity contribution >= 4 is 11.6 Å². The van der Waals surface area contributed by atoms with Crippen molar-refractivity contribution in [1.82, 2.24) is 9.97 Å². The van der Waals surface area contributed by atoms with Crippen molar-refractivity contribution in [3.05, 3.63) is 36.2 Å². The number of nitrogens with one attached hydrogen (secondary N) is 1. The van der Waals surface area contributed by atoms with E-state index in [0.29, 0.717) is 19.3 Å². The Balaban J connectivity index is 1.37. The Morgan fingerprint density at radius 3 is 2.81 bits per heavy atom. The van der Waals surface area contributed by atoms with E-state index in [1.165, 1.54) is 18.4 Å². The van der Waals surface area contributed by atoms with Crippen molar-refractivity contribution in [3.8, 4) is 11.5 Å². The molecule has 3 heterocycles. The lowest BCUT2D eigenvalue weighted by Gasteiger charge is -2.27. The van der Waals surface area contributed by atoms with Crippen molar-refractivity contribution < 1.29 is 9.47 Å². The van der Waals surface area contributed by atoms with Gasteiger partial charge in [0.25, 0.3) is 0 Å². The van der Waals surface area contributed by atoms with Crippen LogP contribution in [0.3, 0.4) is 0 Å². The molecule has 0 radical (unpaired) electrons. The lowest BCUT2D eigenvalue weighted by molar-refractivity contribution is 0.171. The van der Waals surface area contributed by atoms with Gasteiger partial charge in [-0.05, 0) is 49.3 Å². The predicted octanol–water partition coefficient (Wildman–Crippen LogP) is 3.41. The molecular formula is C20H24N4O2. The SMILES string of the molecule is c1nc(NCC2CC2)cc(N2CCCC2c2ccc3c(c2)OCCO3)n1. The van der Waals surface area contributed by atoms with Crippen LogP contribution in [0.25, 0.3) is 0 Å². The fraction of sp³-hybridized carbons (Fsp3) is 0.500. The summed E-state index contributed by atoms with van der Waals surface area (Å²) in [6, 6.07) is 8.72. The first-order valence-corrected chi connectivity index (χ1v) is 9.59. The predicted molar refractivity (Wildman–Crippen MR) is 100.0 cm³/mol. The summed E-state index contributed by atoms with van der Waals surface area (Å²) in [4.78, 5) is 11.3. The fourth-order valence-electron chi connectivity index (χ4n) is 3.83. The molecule has 1 unspecified atom stereocenters. The number of nitrogens with zero attached hydrogens (tertiary/aromatic N) is 3. The van der Waals surface area contributed by atoms with Crippen LogP contribution >= 0.6 is 0 Å². The summed E-state index contributed by atoms with van der Waals surface area (Å²) in [7, 11) is 0. The molecule has 1 saturated carbocycles. The first-order valence-electron chi connectivity index (χ1n) is 9.59. The second-order valence-electron chi connectivity index (χ2n) is 7.34. The van der Waals surface area contributed by atoms with Gasteiger partial charge in [0, 0.05) is 19.2 Å². The van der Waals surface area contributed by atoms with Gasteiger partial charge in [-0.1, -0.05) is 6.07 Å². The smallest absolute Gasteiger partial charge is 0.161 e. The molecule has 0 amide bonds. The van der Waals surface area contributed by atoms with Gasteiger partial charge in [0.15, 0.2) is 11.5 Å². The number of benzene rings is 1. The van der Waals surface area contributed by atoms with Crippen LogP contribution in [0.4, 0.5) is 11.6 Å². The highest BCUT2D eigenvalue weighted by Crippen LogP contribution is 2.40. The standard InChI is InChI=1S/C20H24N4O2/c1-2-16(15-5-6-17-18(10-15)26-9-8-25-17)24(7-1)20-11-19(22-13-23-20)21-12-14-3-4-14/h5-6,10-11,13-14,16H,1-4,7-9,12H2,(H,21,22,23). The lowest BCUT2D eigenvalue weighted by atomic mass is 10.0. The van der Waals surface area contributed by atoms with Crippen LogP contribution in [-0.4, -0.2) is 36.3 Å². The maximum absolute atomic E-state index is 5.76. The third-order valence-electron chi connectivity index (χ3n) is 5.42. The van der Waals surface area contributed by atoms with Crippen molar-refractivity contribution in [1.29, 1.82) is 0 Å². The minimum absolute atomic E-state index is 0.317. The number of fused-ring (bicyclic) bond motifs is 1. The Bertz CT molecular complexity index is 793. The van der Waals surface area contributed by atoms with E-state index in [1.807, 2.05) is 6.07 Å². The topological polar surface area (TPSA) is 59.5 Å². The molecule has 1 aromatic carbocycles. The third kappa shape index (κ3) is 3.16. The van der Waals surface area contributed by atoms with Gasteiger partial charge < -0.3 is 19.7 Å². The fourth-order valence-corrected chi connectivity index (χ4v) is 3.83. The molecule has 1 saturated heterocycles. The summed E-state index contributed by atoms with van der Waals surface area (Å²) >= 11 is 0. The Hall–Kier alpha value is -2.50. The van der Waals surface area contributed by atoms with E-state index in [9.17, 15) is 0 Å². The van der Waals surface area contributed by atoms with Crippen LogP contribution in [0.2, 0.25) is 0 Å². The van der Waals surface area contributed by atoms with Gasteiger partial charge in [-0.15, -0.1) is 0 Å². The minimum Gasteiger partial charge on any atom is -0.486 e. The third-order valence-corrected chi connectivity index (χ3v) is 5.42. The number of hydrogen-bond acceptors (Lipinski definition) is 6. The average Bonchev–Trinajstić information content (AvgIpc) is 3.40. The summed E-state index contributed by atoms with van der Waals surface area (Å²) in [5.74, 6) is 4.45. The average molecular weight is 352 g/mol. The number of ether oxygens (including phenoxy) is 2. The van der Waals surface area contributed by atoms with Crippen molar-refractivity contribution in [2.75, 3.05) is 36.5 Å². The van der Waals surface area contributed by atoms with Crippen molar-refractivity contribution in [3.63, 3.8) is 0 Å². The van der Waals surface area contributed by atoms with Crippen molar-refractivity contribution in [2.45, 2.75) is 31.7 Å². The zero-order valence-electron chi connectivity index (χ0n) is 14.9. The summed E-state index contributed by atoms with van der Waals surface area (Å²) < 4.78 is 11.4. The molecule has 5 rings (SSSR count). The molecule has 1 aromatic heterocycles. The molecule has 2 aliphatic heterocycles. The van der Waals surface area contributed by atoms with Crippen LogP contribution in [0.5, 0.6) is 11.5 Å². The Morgan fingerprint density at radius 2 is 1.92 bits per heavy atom. The largest absolute Gasteiger partial charge is 0.486 e. The van der Waals surface area contributed by atoms with E-state index < -0.39 is 0 Å². The van der Waals surface area contributed by atoms with E-state index in [0.717, 1.165) is 55.0 Å². The molecule has 2 aromatic rings. The molecule has 6 nitrogen and oxygen atoms in total. The number of rotatable bonds is 5. The van der Waals surface area contributed by atoms with Gasteiger partial charge in [0.1, 0.15) is 31.2 Å². The van der Waals surface area contributed by atoms with E-state index in [2.05, 4.69) is 38.4 Å². The molecule has 2 fully saturated rings. The van der Waals surface area contributed by atoms with Gasteiger partial charge in [-0.2, -0.15) is 0 Å². The van der Waals surface area contributed by atoms with E-state index in [1.54, 1.807) is 6.33 Å². The van der Waals surface area contributed by atoms with E-state index in [-0.39, 0.29) is 0 Å². The van der Waals surface area contributed by atoms with Crippen LogP contribution < -0.4 is 19.7 Å². The second kappa shape index (κ2) is 6.67. The van der Waals surface area contributed by atoms with Crippen LogP contribution in [0.15, 0.2) is 30.6 Å². The van der Waals surface area contributed by atoms with Crippen LogP contribution in [0, 0.1) is 5.92 Å². The molecule has 1 aliphatic carbocycles. The zero-order valence-corrected chi connectivity index (χ0v) is 14.9. The zero-order chi connectivity index (χ0) is 17.3. The molecule has 1 N–H and O–H groups in total. The Morgan fingerprint density at radius 1 is 1.04 bits per heavy atom. The normalized spacial score (nSPS) is 21.7. The lowest BCUT2D eigenvalue weighted by Crippen LogP contribution is -2.24. The molecule has 0 spiro atoms. The molecule has 3 aliphatic rings. The molecule has 136 valence electrons. The highest BCUT2D eigenvalue weighted by molar-refractivity contribution is 5.53. The van der Waals surface area contributed by atoms with Crippen LogP contribution in [0.1, 0.15) is 37.3 Å². The van der Waals surface area contributed by atoms with Gasteiger partial charge in [0.2, 0.25) is 0 Å². The number of hydrogen-bond donors (Lipinski definition) is 1. The van der Waals surface area contributed by atoms with Gasteiger partial charge in [-0.25, -0.2) is 9.97 Å². The Kier molecular flexibility index (Phi) is 4.03. The van der Waals surface area contributed by atoms with Gasteiger partial charge in [0.05, 0.1) is 6.04 Å². The number of aromatic nitrogens is 2. The van der Waals surface area contributed by atoms with E-state index >= 15 is 0 Å².